The van der Waals surface area contributed by atoms with E-state index in [1.807, 2.05) is 32.1 Å². The number of aliphatic hydroxyl groups excluding tert-OH is 1. The number of carbonyl (C=O) groups is 1. The topological polar surface area (TPSA) is 57.5 Å². The number of aliphatic hydroxyl groups is 1. The van der Waals surface area contributed by atoms with Crippen molar-refractivity contribution in [1.29, 1.82) is 0 Å². The molecule has 0 unspecified atom stereocenters. The Hall–Kier alpha value is -1.87. The normalized spacial score (nSPS) is 23.1. The number of carboxylic acids is 1. The lowest BCUT2D eigenvalue weighted by Crippen LogP contribution is -2.27. The summed E-state index contributed by atoms with van der Waals surface area (Å²) in [7, 11) is 0. The fraction of sp³-hybridized carbons (Fsp3) is 0.450. The van der Waals surface area contributed by atoms with E-state index in [9.17, 15) is 9.90 Å². The van der Waals surface area contributed by atoms with E-state index in [0.717, 1.165) is 24.0 Å². The van der Waals surface area contributed by atoms with Crippen LogP contribution < -0.4 is 0 Å². The molecule has 1 rings (SSSR count). The van der Waals surface area contributed by atoms with Crippen molar-refractivity contribution in [1.82, 2.24) is 0 Å². The summed E-state index contributed by atoms with van der Waals surface area (Å²) in [5.41, 5.74) is 4.11. The maximum atomic E-state index is 10.5. The van der Waals surface area contributed by atoms with Crippen LogP contribution in [-0.2, 0) is 4.79 Å². The summed E-state index contributed by atoms with van der Waals surface area (Å²) in [5.74, 6) is -0.937. The van der Waals surface area contributed by atoms with Crippen LogP contribution in [0, 0.1) is 5.41 Å². The average Bonchev–Trinajstić information content (AvgIpc) is 2.42. The Kier molecular flexibility index (Phi) is 6.77. The molecule has 0 radical (unpaired) electrons. The van der Waals surface area contributed by atoms with Gasteiger partial charge in [0.2, 0.25) is 0 Å². The van der Waals surface area contributed by atoms with E-state index >= 15 is 0 Å². The lowest BCUT2D eigenvalue weighted by Gasteiger charge is -2.35. The minimum Gasteiger partial charge on any atom is -0.478 e. The maximum absolute atomic E-state index is 10.5. The highest BCUT2D eigenvalue weighted by Gasteiger charge is 2.30. The SMILES string of the molecule is CC1=C(/C=C/C(C)=C\C=C\C(C)=C\C(=O)O)C(C)(C)CC[C@@H]1O. The summed E-state index contributed by atoms with van der Waals surface area (Å²) in [6, 6.07) is 0. The number of aliphatic carboxylic acids is 1. The zero-order valence-electron chi connectivity index (χ0n) is 14.8. The molecule has 23 heavy (non-hydrogen) atoms. The second kappa shape index (κ2) is 8.11. The summed E-state index contributed by atoms with van der Waals surface area (Å²) in [6.07, 6.45) is 12.3. The maximum Gasteiger partial charge on any atom is 0.328 e. The Labute approximate surface area is 139 Å². The lowest BCUT2D eigenvalue weighted by molar-refractivity contribution is -0.131. The van der Waals surface area contributed by atoms with Crippen molar-refractivity contribution >= 4 is 5.97 Å². The second-order valence-corrected chi connectivity index (χ2v) is 6.86. The molecule has 2 N–H and O–H groups in total. The average molecular weight is 316 g/mol. The zero-order chi connectivity index (χ0) is 17.6. The first kappa shape index (κ1) is 19.2. The summed E-state index contributed by atoms with van der Waals surface area (Å²) >= 11 is 0. The first-order valence-corrected chi connectivity index (χ1v) is 7.97. The van der Waals surface area contributed by atoms with Crippen LogP contribution in [-0.4, -0.2) is 22.3 Å². The Morgan fingerprint density at radius 2 is 1.87 bits per heavy atom. The molecule has 0 saturated heterocycles. The van der Waals surface area contributed by atoms with Crippen molar-refractivity contribution < 1.29 is 15.0 Å². The number of carboxylic acid groups (broad SMARTS) is 1. The van der Waals surface area contributed by atoms with Gasteiger partial charge in [-0.15, -0.1) is 0 Å². The first-order valence-electron chi connectivity index (χ1n) is 7.97. The Morgan fingerprint density at radius 3 is 2.48 bits per heavy atom. The van der Waals surface area contributed by atoms with Gasteiger partial charge in [-0.05, 0) is 55.7 Å². The molecule has 1 atom stereocenters. The van der Waals surface area contributed by atoms with Crippen LogP contribution in [0.1, 0.15) is 47.5 Å². The molecule has 0 aromatic rings. The van der Waals surface area contributed by atoms with Gasteiger partial charge in [-0.3, -0.25) is 0 Å². The van der Waals surface area contributed by atoms with Crippen LogP contribution >= 0.6 is 0 Å². The molecule has 0 fully saturated rings. The molecule has 0 aliphatic heterocycles. The smallest absolute Gasteiger partial charge is 0.328 e. The highest BCUT2D eigenvalue weighted by Crippen LogP contribution is 2.40. The van der Waals surface area contributed by atoms with Crippen molar-refractivity contribution in [2.45, 2.75) is 53.6 Å². The molecular formula is C20H28O3. The molecule has 0 aromatic heterocycles. The van der Waals surface area contributed by atoms with Crippen LogP contribution in [0.3, 0.4) is 0 Å². The Morgan fingerprint density at radius 1 is 1.22 bits per heavy atom. The molecule has 0 amide bonds. The highest BCUT2D eigenvalue weighted by atomic mass is 16.4. The van der Waals surface area contributed by atoms with E-state index in [2.05, 4.69) is 19.9 Å². The van der Waals surface area contributed by atoms with Crippen molar-refractivity contribution in [3.8, 4) is 0 Å². The van der Waals surface area contributed by atoms with E-state index < -0.39 is 5.97 Å². The Bertz CT molecular complexity index is 598. The standard InChI is InChI=1S/C20H28O3/c1-14(7-6-8-15(2)13-19(22)23)9-10-17-16(3)18(21)11-12-20(17,4)5/h6-10,13,18,21H,11-12H2,1-5H3,(H,22,23)/b8-6+,10-9+,14-7-,15-13+/t18-/m0/s1. The van der Waals surface area contributed by atoms with Crippen LogP contribution in [0.5, 0.6) is 0 Å². The van der Waals surface area contributed by atoms with Gasteiger partial charge in [0, 0.05) is 6.08 Å². The zero-order valence-corrected chi connectivity index (χ0v) is 14.8. The molecule has 0 heterocycles. The minimum absolute atomic E-state index is 0.0801. The molecule has 0 saturated carbocycles. The van der Waals surface area contributed by atoms with Gasteiger partial charge in [-0.2, -0.15) is 0 Å². The van der Waals surface area contributed by atoms with Gasteiger partial charge < -0.3 is 10.2 Å². The van der Waals surface area contributed by atoms with Gasteiger partial charge in [0.1, 0.15) is 0 Å². The number of rotatable bonds is 5. The van der Waals surface area contributed by atoms with Crippen molar-refractivity contribution in [3.05, 3.63) is 58.7 Å². The highest BCUT2D eigenvalue weighted by molar-refractivity contribution is 5.81. The number of hydrogen-bond acceptors (Lipinski definition) is 2. The van der Waals surface area contributed by atoms with E-state index in [0.29, 0.717) is 5.57 Å². The lowest BCUT2D eigenvalue weighted by atomic mass is 9.71. The third-order valence-corrected chi connectivity index (χ3v) is 4.28. The van der Waals surface area contributed by atoms with Crippen LogP contribution in [0.4, 0.5) is 0 Å². The summed E-state index contributed by atoms with van der Waals surface area (Å²) in [6.45, 7) is 10.2. The van der Waals surface area contributed by atoms with Crippen molar-refractivity contribution in [3.63, 3.8) is 0 Å². The predicted molar refractivity (Wildman–Crippen MR) is 95.2 cm³/mol. The third kappa shape index (κ3) is 6.03. The second-order valence-electron chi connectivity index (χ2n) is 6.86. The first-order chi connectivity index (χ1) is 10.6. The van der Waals surface area contributed by atoms with E-state index in [-0.39, 0.29) is 11.5 Å². The van der Waals surface area contributed by atoms with Crippen LogP contribution in [0.15, 0.2) is 58.7 Å². The molecule has 0 spiro atoms. The fourth-order valence-electron chi connectivity index (χ4n) is 2.78. The van der Waals surface area contributed by atoms with E-state index in [1.165, 1.54) is 11.6 Å². The van der Waals surface area contributed by atoms with E-state index in [1.54, 1.807) is 13.0 Å². The van der Waals surface area contributed by atoms with E-state index in [4.69, 9.17) is 5.11 Å². The largest absolute Gasteiger partial charge is 0.478 e. The summed E-state index contributed by atoms with van der Waals surface area (Å²) < 4.78 is 0. The van der Waals surface area contributed by atoms with Crippen LogP contribution in [0.25, 0.3) is 0 Å². The predicted octanol–water partition coefficient (Wildman–Crippen LogP) is 4.57. The summed E-state index contributed by atoms with van der Waals surface area (Å²) in [4.78, 5) is 10.5. The number of hydrogen-bond donors (Lipinski definition) is 2. The molecule has 3 heteroatoms. The van der Waals surface area contributed by atoms with Gasteiger partial charge in [0.05, 0.1) is 6.10 Å². The Balaban J connectivity index is 2.87. The van der Waals surface area contributed by atoms with Crippen LogP contribution in [0.2, 0.25) is 0 Å². The van der Waals surface area contributed by atoms with Gasteiger partial charge >= 0.3 is 5.97 Å². The van der Waals surface area contributed by atoms with Gasteiger partial charge in [-0.25, -0.2) is 4.79 Å². The molecule has 1 aliphatic rings. The molecule has 1 aliphatic carbocycles. The quantitative estimate of drug-likeness (QED) is 0.577. The van der Waals surface area contributed by atoms with Gasteiger partial charge in [0.25, 0.3) is 0 Å². The van der Waals surface area contributed by atoms with Gasteiger partial charge in [-0.1, -0.05) is 49.8 Å². The summed E-state index contributed by atoms with van der Waals surface area (Å²) in [5, 5.41) is 18.7. The third-order valence-electron chi connectivity index (χ3n) is 4.28. The number of allylic oxidation sites excluding steroid dienone is 8. The fourth-order valence-corrected chi connectivity index (χ4v) is 2.78. The molecule has 0 aromatic carbocycles. The minimum atomic E-state index is -0.937. The molecular weight excluding hydrogens is 288 g/mol. The van der Waals surface area contributed by atoms with Gasteiger partial charge in [0.15, 0.2) is 0 Å². The molecule has 0 bridgehead atoms. The molecule has 3 nitrogen and oxygen atoms in total. The molecule has 126 valence electrons. The monoisotopic (exact) mass is 316 g/mol. The van der Waals surface area contributed by atoms with Crippen molar-refractivity contribution in [2.75, 3.05) is 0 Å². The van der Waals surface area contributed by atoms with Crippen molar-refractivity contribution in [2.24, 2.45) is 5.41 Å².